The first-order valence-corrected chi connectivity index (χ1v) is 7.20. The molecule has 0 saturated carbocycles. The number of nitrogens with zero attached hydrogens (tertiary/aromatic N) is 1. The third-order valence-electron chi connectivity index (χ3n) is 3.17. The Hall–Kier alpha value is -1.95. The molecule has 0 aliphatic heterocycles. The van der Waals surface area contributed by atoms with Crippen molar-refractivity contribution >= 4 is 27.3 Å². The zero-order valence-electron chi connectivity index (χ0n) is 11.4. The van der Waals surface area contributed by atoms with E-state index in [1.54, 1.807) is 24.3 Å². The van der Waals surface area contributed by atoms with Crippen LogP contribution in [0.5, 0.6) is 0 Å². The minimum absolute atomic E-state index is 0.122. The minimum atomic E-state index is -0.380. The molecule has 4 nitrogen and oxygen atoms in total. The Morgan fingerprint density at radius 2 is 2.05 bits per heavy atom. The lowest BCUT2D eigenvalue weighted by molar-refractivity contribution is -0.385. The Kier molecular flexibility index (Phi) is 4.90. The fourth-order valence-electron chi connectivity index (χ4n) is 2.07. The van der Waals surface area contributed by atoms with Gasteiger partial charge in [0.25, 0.3) is 5.69 Å². The Bertz CT molecular complexity index is 677. The smallest absolute Gasteiger partial charge is 0.272 e. The Morgan fingerprint density at radius 3 is 2.76 bits per heavy atom. The number of rotatable bonds is 5. The van der Waals surface area contributed by atoms with Crippen LogP contribution in [0.3, 0.4) is 0 Å². The molecule has 0 saturated heterocycles. The molecule has 21 heavy (non-hydrogen) atoms. The molecular formula is C15H14BrFN2O2. The summed E-state index contributed by atoms with van der Waals surface area (Å²) in [6.45, 7) is 2.34. The maximum atomic E-state index is 13.3. The van der Waals surface area contributed by atoms with Gasteiger partial charge in [-0.1, -0.05) is 18.2 Å². The van der Waals surface area contributed by atoms with Gasteiger partial charge in [-0.3, -0.25) is 10.1 Å². The standard InChI is InChI=1S/C15H14BrFN2O2/c1-10-8-13(17)12(16)9-14(10)18-7-6-11-4-2-3-5-15(11)19(20)21/h2-5,8-9,18H,6-7H2,1H3. The molecule has 0 atom stereocenters. The monoisotopic (exact) mass is 352 g/mol. The van der Waals surface area contributed by atoms with Gasteiger partial charge in [0.2, 0.25) is 0 Å². The van der Waals surface area contributed by atoms with E-state index in [0.29, 0.717) is 23.0 Å². The number of nitro benzene ring substituents is 1. The summed E-state index contributed by atoms with van der Waals surface area (Å²) in [7, 11) is 0. The van der Waals surface area contributed by atoms with Crippen LogP contribution in [0.2, 0.25) is 0 Å². The van der Waals surface area contributed by atoms with Crippen LogP contribution in [0.1, 0.15) is 11.1 Å². The minimum Gasteiger partial charge on any atom is -0.384 e. The predicted octanol–water partition coefficient (Wildman–Crippen LogP) is 4.46. The Morgan fingerprint density at radius 1 is 1.33 bits per heavy atom. The molecule has 0 bridgehead atoms. The number of nitro groups is 1. The molecule has 2 aromatic carbocycles. The van der Waals surface area contributed by atoms with Crippen LogP contribution >= 0.6 is 15.9 Å². The fourth-order valence-corrected chi connectivity index (χ4v) is 2.41. The molecule has 1 N–H and O–H groups in total. The summed E-state index contributed by atoms with van der Waals surface area (Å²) in [6, 6.07) is 9.78. The van der Waals surface area contributed by atoms with Gasteiger partial charge in [-0.25, -0.2) is 4.39 Å². The summed E-state index contributed by atoms with van der Waals surface area (Å²) in [4.78, 5) is 10.5. The van der Waals surface area contributed by atoms with Crippen molar-refractivity contribution in [2.24, 2.45) is 0 Å². The fraction of sp³-hybridized carbons (Fsp3) is 0.200. The number of hydrogen-bond acceptors (Lipinski definition) is 3. The lowest BCUT2D eigenvalue weighted by atomic mass is 10.1. The van der Waals surface area contributed by atoms with E-state index in [1.165, 1.54) is 12.1 Å². The average Bonchev–Trinajstić information content (AvgIpc) is 2.44. The first kappa shape index (κ1) is 15.4. The van der Waals surface area contributed by atoms with Crippen LogP contribution in [0, 0.1) is 22.9 Å². The van der Waals surface area contributed by atoms with Crippen molar-refractivity contribution in [3.8, 4) is 0 Å². The molecule has 110 valence electrons. The molecule has 0 aliphatic carbocycles. The van der Waals surface area contributed by atoms with Crippen LogP contribution in [0.25, 0.3) is 0 Å². The van der Waals surface area contributed by atoms with Crippen molar-refractivity contribution in [1.29, 1.82) is 0 Å². The molecule has 0 aromatic heterocycles. The number of benzene rings is 2. The lowest BCUT2D eigenvalue weighted by Gasteiger charge is -2.11. The Balaban J connectivity index is 2.06. The quantitative estimate of drug-likeness (QED) is 0.638. The Labute approximate surface area is 130 Å². The highest BCUT2D eigenvalue weighted by atomic mass is 79.9. The number of nitrogens with one attached hydrogen (secondary N) is 1. The van der Waals surface area contributed by atoms with E-state index in [0.717, 1.165) is 11.3 Å². The topological polar surface area (TPSA) is 55.2 Å². The summed E-state index contributed by atoms with van der Waals surface area (Å²) in [6.07, 6.45) is 0.519. The van der Waals surface area contributed by atoms with Crippen LogP contribution in [0.4, 0.5) is 15.8 Å². The molecule has 0 aliphatic rings. The van der Waals surface area contributed by atoms with Crippen molar-refractivity contribution in [1.82, 2.24) is 0 Å². The van der Waals surface area contributed by atoms with Crippen molar-refractivity contribution in [3.63, 3.8) is 0 Å². The lowest BCUT2D eigenvalue weighted by Crippen LogP contribution is -2.08. The zero-order valence-corrected chi connectivity index (χ0v) is 13.0. The molecule has 6 heteroatoms. The van der Waals surface area contributed by atoms with Gasteiger partial charge in [0.05, 0.1) is 9.40 Å². The molecular weight excluding hydrogens is 339 g/mol. The van der Waals surface area contributed by atoms with Crippen molar-refractivity contribution < 1.29 is 9.31 Å². The van der Waals surface area contributed by atoms with Crippen molar-refractivity contribution in [3.05, 3.63) is 67.9 Å². The predicted molar refractivity (Wildman–Crippen MR) is 84.1 cm³/mol. The van der Waals surface area contributed by atoms with Gasteiger partial charge in [0.1, 0.15) is 5.82 Å². The van der Waals surface area contributed by atoms with E-state index in [-0.39, 0.29) is 16.4 Å². The number of para-hydroxylation sites is 1. The van der Waals surface area contributed by atoms with Crippen LogP contribution in [0.15, 0.2) is 40.9 Å². The van der Waals surface area contributed by atoms with Crippen molar-refractivity contribution in [2.45, 2.75) is 13.3 Å². The van der Waals surface area contributed by atoms with E-state index in [9.17, 15) is 14.5 Å². The van der Waals surface area contributed by atoms with E-state index >= 15 is 0 Å². The highest BCUT2D eigenvalue weighted by molar-refractivity contribution is 9.10. The summed E-state index contributed by atoms with van der Waals surface area (Å²) in [5.41, 5.74) is 2.39. The first-order valence-electron chi connectivity index (χ1n) is 6.41. The normalized spacial score (nSPS) is 10.4. The summed E-state index contributed by atoms with van der Waals surface area (Å²) in [5.74, 6) is -0.309. The SMILES string of the molecule is Cc1cc(F)c(Br)cc1NCCc1ccccc1[N+](=O)[O-]. The molecule has 0 radical (unpaired) electrons. The van der Waals surface area contributed by atoms with Gasteiger partial charge in [0.15, 0.2) is 0 Å². The molecule has 0 amide bonds. The second-order valence-corrected chi connectivity index (χ2v) is 5.50. The number of anilines is 1. The molecule has 2 aromatic rings. The summed E-state index contributed by atoms with van der Waals surface area (Å²) in [5, 5.41) is 14.1. The molecule has 0 heterocycles. The highest BCUT2D eigenvalue weighted by Gasteiger charge is 2.12. The van der Waals surface area contributed by atoms with Crippen LogP contribution in [-0.4, -0.2) is 11.5 Å². The maximum Gasteiger partial charge on any atom is 0.272 e. The largest absolute Gasteiger partial charge is 0.384 e. The van der Waals surface area contributed by atoms with E-state index in [4.69, 9.17) is 0 Å². The van der Waals surface area contributed by atoms with Gasteiger partial charge in [-0.2, -0.15) is 0 Å². The third kappa shape index (κ3) is 3.78. The van der Waals surface area contributed by atoms with Gasteiger partial charge in [0, 0.05) is 23.9 Å². The van der Waals surface area contributed by atoms with Gasteiger partial charge in [-0.05, 0) is 47.0 Å². The molecule has 2 rings (SSSR count). The highest BCUT2D eigenvalue weighted by Crippen LogP contribution is 2.24. The third-order valence-corrected chi connectivity index (χ3v) is 3.77. The van der Waals surface area contributed by atoms with Gasteiger partial charge < -0.3 is 5.32 Å². The second-order valence-electron chi connectivity index (χ2n) is 4.64. The summed E-state index contributed by atoms with van der Waals surface area (Å²) >= 11 is 3.14. The van der Waals surface area contributed by atoms with Crippen molar-refractivity contribution in [2.75, 3.05) is 11.9 Å². The molecule has 0 spiro atoms. The number of halogens is 2. The first-order chi connectivity index (χ1) is 9.99. The van der Waals surface area contributed by atoms with E-state index in [2.05, 4.69) is 21.2 Å². The zero-order chi connectivity index (χ0) is 15.4. The van der Waals surface area contributed by atoms with Crippen LogP contribution < -0.4 is 5.32 Å². The second kappa shape index (κ2) is 6.67. The number of aryl methyl sites for hydroxylation is 1. The van der Waals surface area contributed by atoms with E-state index in [1.807, 2.05) is 6.92 Å². The molecule has 0 fully saturated rings. The van der Waals surface area contributed by atoms with E-state index < -0.39 is 0 Å². The van der Waals surface area contributed by atoms with Gasteiger partial charge in [-0.15, -0.1) is 0 Å². The summed E-state index contributed by atoms with van der Waals surface area (Å²) < 4.78 is 13.7. The molecule has 0 unspecified atom stereocenters. The van der Waals surface area contributed by atoms with Gasteiger partial charge >= 0.3 is 0 Å². The average molecular weight is 353 g/mol. The maximum absolute atomic E-state index is 13.3. The number of hydrogen-bond donors (Lipinski definition) is 1. The van der Waals surface area contributed by atoms with Crippen LogP contribution in [-0.2, 0) is 6.42 Å².